The number of nitrogens with one attached hydrogen (secondary N) is 1. The van der Waals surface area contributed by atoms with Gasteiger partial charge in [0.25, 0.3) is 10.0 Å². The molecule has 1 N–H and O–H groups in total. The Hall–Kier alpha value is -4.93. The summed E-state index contributed by atoms with van der Waals surface area (Å²) in [5.41, 5.74) is 2.81. The third-order valence-electron chi connectivity index (χ3n) is 7.12. The number of nitrogens with zero attached hydrogens (tertiary/aromatic N) is 4. The lowest BCUT2D eigenvalue weighted by molar-refractivity contribution is -0.198. The molecule has 1 aliphatic heterocycles. The van der Waals surface area contributed by atoms with Crippen molar-refractivity contribution in [1.29, 1.82) is 5.26 Å². The highest BCUT2D eigenvalue weighted by Gasteiger charge is 2.28. The molecule has 2 aromatic carbocycles. The number of rotatable bonds is 7. The van der Waals surface area contributed by atoms with Gasteiger partial charge in [0.15, 0.2) is 4.90 Å². The molecule has 5 rings (SSSR count). The second-order valence-corrected chi connectivity index (χ2v) is 12.9. The largest absolute Gasteiger partial charge is 0.480 e. The molecule has 1 aliphatic rings. The molecule has 0 bridgehead atoms. The standard InChI is InChI=1S/C32H29F2N5O5S/c1-32(2,3)31(40)44-39-12-10-19(11-13-39)28-22(16-35)18-36-26-9-8-20(14-23(26)28)21-15-27(30(43-4)37-17-21)38-45(41,42)29-24(33)6-5-7-25(29)34/h5-10,14-15,17-18,38H,11-13H2,1-4H3. The minimum atomic E-state index is -4.70. The van der Waals surface area contributed by atoms with Crippen LogP contribution in [0.15, 0.2) is 65.8 Å². The summed E-state index contributed by atoms with van der Waals surface area (Å²) in [6.45, 7) is 6.09. The van der Waals surface area contributed by atoms with Gasteiger partial charge in [0, 0.05) is 35.5 Å². The van der Waals surface area contributed by atoms with Crippen molar-refractivity contribution in [1.82, 2.24) is 15.0 Å². The van der Waals surface area contributed by atoms with Gasteiger partial charge in [-0.05, 0) is 68.7 Å². The van der Waals surface area contributed by atoms with Crippen LogP contribution in [0.1, 0.15) is 38.3 Å². The summed E-state index contributed by atoms with van der Waals surface area (Å²) in [7, 11) is -3.42. The van der Waals surface area contributed by atoms with E-state index in [1.165, 1.54) is 25.6 Å². The van der Waals surface area contributed by atoms with E-state index in [4.69, 9.17) is 9.57 Å². The molecule has 13 heteroatoms. The van der Waals surface area contributed by atoms with Crippen molar-refractivity contribution in [3.63, 3.8) is 0 Å². The zero-order valence-electron chi connectivity index (χ0n) is 24.9. The number of hydroxylamine groups is 2. The zero-order valence-corrected chi connectivity index (χ0v) is 25.7. The number of aromatic nitrogens is 2. The molecule has 45 heavy (non-hydrogen) atoms. The fraction of sp³-hybridized carbons (Fsp3) is 0.250. The Kier molecular flexibility index (Phi) is 8.55. The van der Waals surface area contributed by atoms with Gasteiger partial charge in [-0.15, -0.1) is 5.06 Å². The Bertz CT molecular complexity index is 1980. The molecule has 0 atom stereocenters. The number of anilines is 1. The van der Waals surface area contributed by atoms with E-state index >= 15 is 0 Å². The molecule has 232 valence electrons. The molecule has 0 saturated carbocycles. The number of fused-ring (bicyclic) bond motifs is 1. The van der Waals surface area contributed by atoms with Crippen LogP contribution in [0.25, 0.3) is 27.6 Å². The predicted molar refractivity (Wildman–Crippen MR) is 163 cm³/mol. The van der Waals surface area contributed by atoms with Crippen LogP contribution in [0.5, 0.6) is 5.88 Å². The van der Waals surface area contributed by atoms with Gasteiger partial charge in [-0.25, -0.2) is 27.0 Å². The van der Waals surface area contributed by atoms with Crippen LogP contribution in [0.2, 0.25) is 0 Å². The van der Waals surface area contributed by atoms with Crippen molar-refractivity contribution in [3.8, 4) is 23.1 Å². The number of pyridine rings is 2. The zero-order chi connectivity index (χ0) is 32.5. The Morgan fingerprint density at radius 2 is 1.80 bits per heavy atom. The molecule has 3 heterocycles. The van der Waals surface area contributed by atoms with Crippen LogP contribution in [0, 0.1) is 28.4 Å². The van der Waals surface area contributed by atoms with Crippen LogP contribution in [-0.2, 0) is 19.7 Å². The van der Waals surface area contributed by atoms with E-state index in [1.54, 1.807) is 38.0 Å². The first-order chi connectivity index (χ1) is 21.3. The maximum absolute atomic E-state index is 14.3. The number of ether oxygens (including phenoxy) is 1. The molecule has 10 nitrogen and oxygen atoms in total. The highest BCUT2D eigenvalue weighted by molar-refractivity contribution is 7.92. The van der Waals surface area contributed by atoms with E-state index in [2.05, 4.69) is 20.8 Å². The van der Waals surface area contributed by atoms with Gasteiger partial charge in [-0.1, -0.05) is 18.2 Å². The summed E-state index contributed by atoms with van der Waals surface area (Å²) in [5, 5.41) is 12.2. The minimum absolute atomic E-state index is 0.113. The summed E-state index contributed by atoms with van der Waals surface area (Å²) in [6, 6.07) is 11.7. The van der Waals surface area contributed by atoms with Crippen molar-refractivity contribution in [2.45, 2.75) is 32.1 Å². The van der Waals surface area contributed by atoms with Gasteiger partial charge in [-0.3, -0.25) is 9.71 Å². The number of carbonyl (C=O) groups excluding carboxylic acids is 1. The second kappa shape index (κ2) is 12.2. The molecule has 0 fully saturated rings. The van der Waals surface area contributed by atoms with Crippen molar-refractivity contribution < 1.29 is 31.6 Å². The SMILES string of the molecule is COc1ncc(-c2ccc3ncc(C#N)c(C4=CCN(OC(=O)C(C)(C)C)CC4)c3c2)cc1NS(=O)(=O)c1c(F)cccc1F. The fourth-order valence-electron chi connectivity index (χ4n) is 4.80. The topological polar surface area (TPSA) is 135 Å². The van der Waals surface area contributed by atoms with E-state index in [-0.39, 0.29) is 17.5 Å². The van der Waals surface area contributed by atoms with E-state index in [9.17, 15) is 27.3 Å². The van der Waals surface area contributed by atoms with Crippen molar-refractivity contribution in [2.75, 3.05) is 24.9 Å². The molecular formula is C32H29F2N5O5S. The number of hydrogen-bond donors (Lipinski definition) is 1. The number of sulfonamides is 1. The van der Waals surface area contributed by atoms with E-state index < -0.39 is 32.0 Å². The van der Waals surface area contributed by atoms with Crippen molar-refractivity contribution in [2.24, 2.45) is 5.41 Å². The summed E-state index contributed by atoms with van der Waals surface area (Å²) < 4.78 is 62.1. The van der Waals surface area contributed by atoms with Gasteiger partial charge < -0.3 is 9.57 Å². The second-order valence-electron chi connectivity index (χ2n) is 11.3. The number of methoxy groups -OCH3 is 1. The van der Waals surface area contributed by atoms with Crippen LogP contribution in [0.3, 0.4) is 0 Å². The summed E-state index contributed by atoms with van der Waals surface area (Å²) >= 11 is 0. The first-order valence-electron chi connectivity index (χ1n) is 13.8. The monoisotopic (exact) mass is 633 g/mol. The van der Waals surface area contributed by atoms with Crippen molar-refractivity contribution >= 4 is 38.2 Å². The highest BCUT2D eigenvalue weighted by atomic mass is 32.2. The lowest BCUT2D eigenvalue weighted by atomic mass is 9.91. The molecule has 0 unspecified atom stereocenters. The third kappa shape index (κ3) is 6.47. The average Bonchev–Trinajstić information content (AvgIpc) is 2.99. The lowest BCUT2D eigenvalue weighted by Gasteiger charge is -2.28. The molecule has 0 saturated heterocycles. The molecule has 0 spiro atoms. The summed E-state index contributed by atoms with van der Waals surface area (Å²) in [4.78, 5) is 25.4. The molecule has 0 amide bonds. The van der Waals surface area contributed by atoms with Gasteiger partial charge in [0.2, 0.25) is 5.88 Å². The van der Waals surface area contributed by atoms with Crippen LogP contribution < -0.4 is 9.46 Å². The minimum Gasteiger partial charge on any atom is -0.480 e. The van der Waals surface area contributed by atoms with Gasteiger partial charge in [0.1, 0.15) is 23.4 Å². The Labute approximate surface area is 258 Å². The van der Waals surface area contributed by atoms with Crippen LogP contribution in [0.4, 0.5) is 14.5 Å². The summed E-state index contributed by atoms with van der Waals surface area (Å²) in [6.07, 6.45) is 5.38. The molecule has 2 aromatic heterocycles. The number of benzene rings is 2. The predicted octanol–water partition coefficient (Wildman–Crippen LogP) is 5.85. The molecular weight excluding hydrogens is 604 g/mol. The quantitative estimate of drug-likeness (QED) is 0.266. The number of hydrogen-bond acceptors (Lipinski definition) is 9. The lowest BCUT2D eigenvalue weighted by Crippen LogP contribution is -2.36. The first kappa shape index (κ1) is 31.5. The smallest absolute Gasteiger partial charge is 0.330 e. The van der Waals surface area contributed by atoms with Crippen molar-refractivity contribution in [3.05, 3.63) is 83.7 Å². The normalized spacial score (nSPS) is 14.0. The maximum atomic E-state index is 14.3. The first-order valence-corrected chi connectivity index (χ1v) is 15.3. The number of halogens is 2. The van der Waals surface area contributed by atoms with E-state index in [0.29, 0.717) is 52.7 Å². The Morgan fingerprint density at radius 3 is 2.42 bits per heavy atom. The van der Waals surface area contributed by atoms with E-state index in [1.807, 2.05) is 12.1 Å². The molecule has 0 radical (unpaired) electrons. The van der Waals surface area contributed by atoms with Crippen LogP contribution >= 0.6 is 0 Å². The van der Waals surface area contributed by atoms with Gasteiger partial charge in [0.05, 0.1) is 30.1 Å². The van der Waals surface area contributed by atoms with Gasteiger partial charge in [-0.2, -0.15) is 5.26 Å². The fourth-order valence-corrected chi connectivity index (χ4v) is 5.99. The average molecular weight is 634 g/mol. The van der Waals surface area contributed by atoms with E-state index in [0.717, 1.165) is 23.8 Å². The Morgan fingerprint density at radius 1 is 1.07 bits per heavy atom. The molecule has 0 aliphatic carbocycles. The van der Waals surface area contributed by atoms with Crippen LogP contribution in [-0.4, -0.2) is 49.6 Å². The third-order valence-corrected chi connectivity index (χ3v) is 8.53. The maximum Gasteiger partial charge on any atom is 0.330 e. The highest BCUT2D eigenvalue weighted by Crippen LogP contribution is 2.36. The van der Waals surface area contributed by atoms with Gasteiger partial charge >= 0.3 is 5.97 Å². The molecule has 4 aromatic rings. The number of carbonyl (C=O) groups is 1. The summed E-state index contributed by atoms with van der Waals surface area (Å²) in [5.74, 6) is -2.95. The number of nitriles is 1. The Balaban J connectivity index is 1.53.